The van der Waals surface area contributed by atoms with Crippen LogP contribution in [0.25, 0.3) is 0 Å². The molecule has 1 aliphatic rings. The predicted molar refractivity (Wildman–Crippen MR) is 68.1 cm³/mol. The van der Waals surface area contributed by atoms with Crippen LogP contribution in [0.3, 0.4) is 0 Å². The molecule has 90 valence electrons. The molecule has 0 bridgehead atoms. The van der Waals surface area contributed by atoms with Gasteiger partial charge in [0.1, 0.15) is 0 Å². The van der Waals surface area contributed by atoms with Crippen molar-refractivity contribution in [2.45, 2.75) is 66.3 Å². The maximum absolute atomic E-state index is 2.70. The van der Waals surface area contributed by atoms with E-state index in [0.717, 1.165) is 12.0 Å². The fraction of sp³-hybridized carbons (Fsp3) is 1.00. The van der Waals surface area contributed by atoms with Crippen LogP contribution in [-0.4, -0.2) is 24.0 Å². The minimum atomic E-state index is 0.481. The maximum atomic E-state index is 2.70. The van der Waals surface area contributed by atoms with Gasteiger partial charge in [0, 0.05) is 6.04 Å². The molecule has 0 aliphatic carbocycles. The van der Waals surface area contributed by atoms with Crippen molar-refractivity contribution in [3.8, 4) is 0 Å². The van der Waals surface area contributed by atoms with Crippen molar-refractivity contribution in [1.29, 1.82) is 0 Å². The summed E-state index contributed by atoms with van der Waals surface area (Å²) < 4.78 is 0. The van der Waals surface area contributed by atoms with Crippen LogP contribution in [-0.2, 0) is 0 Å². The molecule has 1 aliphatic heterocycles. The molecule has 1 saturated heterocycles. The van der Waals surface area contributed by atoms with Crippen LogP contribution >= 0.6 is 0 Å². The van der Waals surface area contributed by atoms with Crippen LogP contribution in [0.4, 0.5) is 0 Å². The zero-order valence-electron chi connectivity index (χ0n) is 11.3. The lowest BCUT2D eigenvalue weighted by molar-refractivity contribution is 0.167. The van der Waals surface area contributed by atoms with Crippen LogP contribution in [0.15, 0.2) is 0 Å². The third-order valence-electron chi connectivity index (χ3n) is 3.69. The Bertz CT molecular complexity index is 180. The molecule has 1 heteroatoms. The Kier molecular flexibility index (Phi) is 4.64. The summed E-state index contributed by atoms with van der Waals surface area (Å²) in [4.78, 5) is 2.70. The van der Waals surface area contributed by atoms with E-state index in [1.807, 2.05) is 0 Å². The summed E-state index contributed by atoms with van der Waals surface area (Å²) >= 11 is 0. The van der Waals surface area contributed by atoms with E-state index in [1.165, 1.54) is 38.8 Å². The second-order valence-corrected chi connectivity index (χ2v) is 6.30. The summed E-state index contributed by atoms with van der Waals surface area (Å²) in [7, 11) is 0. The Balaban J connectivity index is 2.59. The molecule has 1 fully saturated rings. The summed E-state index contributed by atoms with van der Waals surface area (Å²) in [6, 6.07) is 0.856. The van der Waals surface area contributed by atoms with Gasteiger partial charge in [0.05, 0.1) is 0 Å². The van der Waals surface area contributed by atoms with Gasteiger partial charge in [-0.2, -0.15) is 0 Å². The molecule has 0 radical (unpaired) electrons. The summed E-state index contributed by atoms with van der Waals surface area (Å²) in [5, 5.41) is 0. The third kappa shape index (κ3) is 3.79. The molecule has 0 aromatic rings. The molecule has 0 amide bonds. The zero-order chi connectivity index (χ0) is 11.5. The molecule has 1 heterocycles. The predicted octanol–water partition coefficient (Wildman–Crippen LogP) is 3.93. The molecule has 0 saturated carbocycles. The summed E-state index contributed by atoms with van der Waals surface area (Å²) in [6.45, 7) is 14.3. The fourth-order valence-corrected chi connectivity index (χ4v) is 3.01. The van der Waals surface area contributed by atoms with Gasteiger partial charge in [0.15, 0.2) is 0 Å². The average Bonchev–Trinajstić information content (AvgIpc) is 2.47. The standard InChI is InChI=1S/C14H29N/c1-6-8-12-9-10-15(7-2)13(12)11-14(3,4)5/h12-13H,6-11H2,1-5H3. The van der Waals surface area contributed by atoms with Crippen molar-refractivity contribution in [3.63, 3.8) is 0 Å². The first-order chi connectivity index (χ1) is 6.98. The molecule has 2 unspecified atom stereocenters. The van der Waals surface area contributed by atoms with Gasteiger partial charge in [-0.15, -0.1) is 0 Å². The Morgan fingerprint density at radius 2 is 1.87 bits per heavy atom. The summed E-state index contributed by atoms with van der Waals surface area (Å²) in [6.07, 6.45) is 5.58. The molecular weight excluding hydrogens is 182 g/mol. The highest BCUT2D eigenvalue weighted by Gasteiger charge is 2.34. The van der Waals surface area contributed by atoms with E-state index >= 15 is 0 Å². The van der Waals surface area contributed by atoms with Crippen LogP contribution < -0.4 is 0 Å². The van der Waals surface area contributed by atoms with Crippen LogP contribution in [0.2, 0.25) is 0 Å². The Morgan fingerprint density at radius 3 is 2.33 bits per heavy atom. The van der Waals surface area contributed by atoms with Crippen molar-refractivity contribution in [2.24, 2.45) is 11.3 Å². The third-order valence-corrected chi connectivity index (χ3v) is 3.69. The van der Waals surface area contributed by atoms with E-state index in [4.69, 9.17) is 0 Å². The van der Waals surface area contributed by atoms with Gasteiger partial charge in [-0.3, -0.25) is 0 Å². The van der Waals surface area contributed by atoms with Crippen molar-refractivity contribution in [1.82, 2.24) is 4.90 Å². The van der Waals surface area contributed by atoms with Crippen molar-refractivity contribution in [2.75, 3.05) is 13.1 Å². The lowest BCUT2D eigenvalue weighted by atomic mass is 9.82. The summed E-state index contributed by atoms with van der Waals surface area (Å²) in [5.74, 6) is 0.967. The van der Waals surface area contributed by atoms with Gasteiger partial charge in [-0.25, -0.2) is 0 Å². The first-order valence-corrected chi connectivity index (χ1v) is 6.72. The van der Waals surface area contributed by atoms with E-state index in [1.54, 1.807) is 0 Å². The molecule has 15 heavy (non-hydrogen) atoms. The number of likely N-dealkylation sites (tertiary alicyclic amines) is 1. The van der Waals surface area contributed by atoms with E-state index in [9.17, 15) is 0 Å². The van der Waals surface area contributed by atoms with Gasteiger partial charge < -0.3 is 4.90 Å². The first-order valence-electron chi connectivity index (χ1n) is 6.72. The normalized spacial score (nSPS) is 28.6. The van der Waals surface area contributed by atoms with Gasteiger partial charge in [-0.1, -0.05) is 41.0 Å². The second kappa shape index (κ2) is 5.34. The number of hydrogen-bond donors (Lipinski definition) is 0. The van der Waals surface area contributed by atoms with Gasteiger partial charge in [0.25, 0.3) is 0 Å². The quantitative estimate of drug-likeness (QED) is 0.681. The Hall–Kier alpha value is -0.0400. The molecular formula is C14H29N. The molecule has 2 atom stereocenters. The monoisotopic (exact) mass is 211 g/mol. The smallest absolute Gasteiger partial charge is 0.0129 e. The number of nitrogens with zero attached hydrogens (tertiary/aromatic N) is 1. The van der Waals surface area contributed by atoms with Crippen LogP contribution in [0, 0.1) is 11.3 Å². The highest BCUT2D eigenvalue weighted by atomic mass is 15.2. The van der Waals surface area contributed by atoms with Crippen molar-refractivity contribution in [3.05, 3.63) is 0 Å². The molecule has 0 aromatic heterocycles. The van der Waals surface area contributed by atoms with Gasteiger partial charge in [0.2, 0.25) is 0 Å². The molecule has 1 nitrogen and oxygen atoms in total. The van der Waals surface area contributed by atoms with Crippen LogP contribution in [0.5, 0.6) is 0 Å². The van der Waals surface area contributed by atoms with E-state index in [0.29, 0.717) is 5.41 Å². The minimum Gasteiger partial charge on any atom is -0.300 e. The molecule has 0 spiro atoms. The highest BCUT2D eigenvalue weighted by molar-refractivity contribution is 4.88. The van der Waals surface area contributed by atoms with Gasteiger partial charge in [-0.05, 0) is 43.7 Å². The average molecular weight is 211 g/mol. The topological polar surface area (TPSA) is 3.24 Å². The molecule has 0 aromatic carbocycles. The number of hydrogen-bond acceptors (Lipinski definition) is 1. The lowest BCUT2D eigenvalue weighted by Crippen LogP contribution is -2.35. The fourth-order valence-electron chi connectivity index (χ4n) is 3.01. The molecule has 0 N–H and O–H groups in total. The second-order valence-electron chi connectivity index (χ2n) is 6.30. The number of rotatable bonds is 4. The van der Waals surface area contributed by atoms with E-state index in [2.05, 4.69) is 39.5 Å². The minimum absolute atomic E-state index is 0.481. The largest absolute Gasteiger partial charge is 0.300 e. The van der Waals surface area contributed by atoms with Gasteiger partial charge >= 0.3 is 0 Å². The Labute approximate surface area is 96.2 Å². The lowest BCUT2D eigenvalue weighted by Gasteiger charge is -2.33. The highest BCUT2D eigenvalue weighted by Crippen LogP contribution is 2.35. The zero-order valence-corrected chi connectivity index (χ0v) is 11.3. The SMILES string of the molecule is CCCC1CCN(CC)C1CC(C)(C)C. The molecule has 1 rings (SSSR count). The van der Waals surface area contributed by atoms with Crippen molar-refractivity contribution >= 4 is 0 Å². The first kappa shape index (κ1) is 13.0. The Morgan fingerprint density at radius 1 is 1.20 bits per heavy atom. The van der Waals surface area contributed by atoms with E-state index < -0.39 is 0 Å². The summed E-state index contributed by atoms with van der Waals surface area (Å²) in [5.41, 5.74) is 0.481. The van der Waals surface area contributed by atoms with Crippen LogP contribution in [0.1, 0.15) is 60.3 Å². The van der Waals surface area contributed by atoms with E-state index in [-0.39, 0.29) is 0 Å². The van der Waals surface area contributed by atoms with Crippen molar-refractivity contribution < 1.29 is 0 Å². The maximum Gasteiger partial charge on any atom is 0.0129 e.